The van der Waals surface area contributed by atoms with Crippen LogP contribution in [0.2, 0.25) is 0 Å². The van der Waals surface area contributed by atoms with Crippen LogP contribution in [0.1, 0.15) is 10.6 Å². The Balaban J connectivity index is 2.72. The van der Waals surface area contributed by atoms with Crippen molar-refractivity contribution in [3.63, 3.8) is 0 Å². The third-order valence-electron chi connectivity index (χ3n) is 2.55. The van der Waals surface area contributed by atoms with E-state index in [1.807, 2.05) is 0 Å². The van der Waals surface area contributed by atoms with Gasteiger partial charge in [0, 0.05) is 5.56 Å². The van der Waals surface area contributed by atoms with Gasteiger partial charge in [-0.3, -0.25) is 4.79 Å². The predicted molar refractivity (Wildman–Crippen MR) is 62.7 cm³/mol. The van der Waals surface area contributed by atoms with Crippen molar-refractivity contribution >= 4 is 16.1 Å². The van der Waals surface area contributed by atoms with E-state index >= 15 is 0 Å². The second-order valence-corrected chi connectivity index (χ2v) is 5.82. The van der Waals surface area contributed by atoms with E-state index in [0.717, 1.165) is 24.3 Å². The smallest absolute Gasteiger partial charge is 0.453 e. The molecular weight excluding hydrogens is 316 g/mol. The number of rotatable bonds is 3. The SMILES string of the molecule is O=Cc1ccc(-c2ccc(F)cc2S(=O)(=O)C(F)(F)F)o1. The Hall–Kier alpha value is -2.16. The standard InChI is InChI=1S/C12H6F4O4S/c13-7-1-3-9(10-4-2-8(6-17)20-10)11(5-7)21(18,19)12(14,15)16/h1-6H. The number of carbonyl (C=O) groups excluding carboxylic acids is 1. The average molecular weight is 322 g/mol. The van der Waals surface area contributed by atoms with Gasteiger partial charge < -0.3 is 4.42 Å². The molecule has 0 fully saturated rings. The summed E-state index contributed by atoms with van der Waals surface area (Å²) in [7, 11) is -5.76. The van der Waals surface area contributed by atoms with Crippen LogP contribution < -0.4 is 0 Å². The van der Waals surface area contributed by atoms with Gasteiger partial charge in [-0.05, 0) is 30.3 Å². The third kappa shape index (κ3) is 2.68. The van der Waals surface area contributed by atoms with Crippen LogP contribution in [0.4, 0.5) is 17.6 Å². The highest BCUT2D eigenvalue weighted by molar-refractivity contribution is 7.92. The minimum absolute atomic E-state index is 0.204. The molecule has 0 N–H and O–H groups in total. The van der Waals surface area contributed by atoms with E-state index in [9.17, 15) is 30.8 Å². The molecule has 0 spiro atoms. The van der Waals surface area contributed by atoms with Crippen LogP contribution in [0, 0.1) is 5.82 Å². The Bertz CT molecular complexity index is 790. The Morgan fingerprint density at radius 3 is 2.29 bits per heavy atom. The fourth-order valence-corrected chi connectivity index (χ4v) is 2.58. The first-order valence-corrected chi connectivity index (χ1v) is 6.81. The summed E-state index contributed by atoms with van der Waals surface area (Å²) in [6.45, 7) is 0. The fourth-order valence-electron chi connectivity index (χ4n) is 1.61. The van der Waals surface area contributed by atoms with Gasteiger partial charge >= 0.3 is 5.51 Å². The minimum atomic E-state index is -5.76. The van der Waals surface area contributed by atoms with Gasteiger partial charge in [-0.1, -0.05) is 0 Å². The van der Waals surface area contributed by atoms with E-state index in [4.69, 9.17) is 4.42 Å². The highest BCUT2D eigenvalue weighted by atomic mass is 32.2. The molecule has 2 rings (SSSR count). The monoisotopic (exact) mass is 322 g/mol. The van der Waals surface area contributed by atoms with Crippen molar-refractivity contribution in [3.05, 3.63) is 41.9 Å². The van der Waals surface area contributed by atoms with E-state index in [-0.39, 0.29) is 17.6 Å². The molecule has 0 saturated carbocycles. The molecule has 112 valence electrons. The third-order valence-corrected chi connectivity index (χ3v) is 4.07. The molecule has 0 bridgehead atoms. The molecule has 9 heteroatoms. The van der Waals surface area contributed by atoms with Gasteiger partial charge in [-0.2, -0.15) is 13.2 Å². The lowest BCUT2D eigenvalue weighted by atomic mass is 10.2. The molecule has 1 heterocycles. The highest BCUT2D eigenvalue weighted by Crippen LogP contribution is 2.37. The summed E-state index contributed by atoms with van der Waals surface area (Å²) in [4.78, 5) is 9.22. The van der Waals surface area contributed by atoms with E-state index in [2.05, 4.69) is 0 Å². The van der Waals surface area contributed by atoms with E-state index < -0.39 is 31.6 Å². The van der Waals surface area contributed by atoms with Crippen molar-refractivity contribution in [1.82, 2.24) is 0 Å². The molecule has 0 saturated heterocycles. The summed E-state index contributed by atoms with van der Waals surface area (Å²) < 4.78 is 78.8. The first kappa shape index (κ1) is 15.2. The lowest BCUT2D eigenvalue weighted by Crippen LogP contribution is -2.24. The first-order chi connectivity index (χ1) is 9.66. The van der Waals surface area contributed by atoms with Gasteiger partial charge in [0.05, 0.1) is 4.90 Å². The largest absolute Gasteiger partial charge is 0.501 e. The maximum absolute atomic E-state index is 13.1. The lowest BCUT2D eigenvalue weighted by Gasteiger charge is -2.11. The summed E-state index contributed by atoms with van der Waals surface area (Å²) in [5.41, 5.74) is -6.07. The molecule has 0 radical (unpaired) electrons. The number of hydrogen-bond acceptors (Lipinski definition) is 4. The molecule has 1 aromatic heterocycles. The minimum Gasteiger partial charge on any atom is -0.453 e. The van der Waals surface area contributed by atoms with Crippen molar-refractivity contribution in [2.45, 2.75) is 10.4 Å². The Morgan fingerprint density at radius 2 is 1.76 bits per heavy atom. The van der Waals surface area contributed by atoms with Crippen molar-refractivity contribution in [2.75, 3.05) is 0 Å². The number of benzene rings is 1. The molecule has 0 atom stereocenters. The van der Waals surface area contributed by atoms with Crippen molar-refractivity contribution in [1.29, 1.82) is 0 Å². The van der Waals surface area contributed by atoms with Gasteiger partial charge in [0.15, 0.2) is 12.0 Å². The second-order valence-electron chi connectivity index (χ2n) is 3.91. The number of aldehydes is 1. The summed E-state index contributed by atoms with van der Waals surface area (Å²) in [6.07, 6.45) is 0.297. The van der Waals surface area contributed by atoms with Gasteiger partial charge in [0.25, 0.3) is 9.84 Å². The summed E-state index contributed by atoms with van der Waals surface area (Å²) in [5.74, 6) is -1.65. The number of furan rings is 1. The quantitative estimate of drug-likeness (QED) is 0.643. The highest BCUT2D eigenvalue weighted by Gasteiger charge is 2.48. The van der Waals surface area contributed by atoms with E-state index in [1.54, 1.807) is 0 Å². The molecule has 1 aromatic carbocycles. The van der Waals surface area contributed by atoms with E-state index in [1.165, 1.54) is 0 Å². The van der Waals surface area contributed by atoms with Gasteiger partial charge in [-0.15, -0.1) is 0 Å². The van der Waals surface area contributed by atoms with Gasteiger partial charge in [0.1, 0.15) is 11.6 Å². The van der Waals surface area contributed by atoms with Crippen LogP contribution in [0.15, 0.2) is 39.6 Å². The molecule has 0 aliphatic rings. The zero-order valence-corrected chi connectivity index (χ0v) is 10.8. The van der Waals surface area contributed by atoms with Gasteiger partial charge in [-0.25, -0.2) is 12.8 Å². The molecule has 21 heavy (non-hydrogen) atoms. The van der Waals surface area contributed by atoms with Crippen LogP contribution >= 0.6 is 0 Å². The molecule has 0 aliphatic carbocycles. The normalized spacial score (nSPS) is 12.4. The predicted octanol–water partition coefficient (Wildman–Crippen LogP) is 3.19. The molecule has 2 aromatic rings. The molecule has 4 nitrogen and oxygen atoms in total. The molecule has 0 aliphatic heterocycles. The van der Waals surface area contributed by atoms with Crippen molar-refractivity contribution in [3.8, 4) is 11.3 Å². The van der Waals surface area contributed by atoms with Gasteiger partial charge in [0.2, 0.25) is 0 Å². The molecule has 0 amide bonds. The van der Waals surface area contributed by atoms with Crippen molar-refractivity contribution in [2.24, 2.45) is 0 Å². The second kappa shape index (κ2) is 4.99. The first-order valence-electron chi connectivity index (χ1n) is 5.33. The summed E-state index contributed by atoms with van der Waals surface area (Å²) in [5, 5.41) is 0. The molecule has 0 unspecified atom stereocenters. The number of sulfone groups is 1. The number of halogens is 4. The lowest BCUT2D eigenvalue weighted by molar-refractivity contribution is -0.0435. The van der Waals surface area contributed by atoms with Crippen LogP contribution in [0.25, 0.3) is 11.3 Å². The number of carbonyl (C=O) groups is 1. The Labute approximate surface area is 115 Å². The number of hydrogen-bond donors (Lipinski definition) is 0. The zero-order valence-electron chi connectivity index (χ0n) is 10.0. The van der Waals surface area contributed by atoms with Crippen LogP contribution in [-0.2, 0) is 9.84 Å². The Morgan fingerprint density at radius 1 is 1.10 bits per heavy atom. The maximum atomic E-state index is 13.1. The average Bonchev–Trinajstić information content (AvgIpc) is 2.86. The van der Waals surface area contributed by atoms with Crippen LogP contribution in [0.5, 0.6) is 0 Å². The van der Waals surface area contributed by atoms with Crippen LogP contribution in [0.3, 0.4) is 0 Å². The fraction of sp³-hybridized carbons (Fsp3) is 0.0833. The molecular formula is C12H6F4O4S. The topological polar surface area (TPSA) is 64.3 Å². The van der Waals surface area contributed by atoms with Crippen molar-refractivity contribution < 1.29 is 35.2 Å². The maximum Gasteiger partial charge on any atom is 0.501 e. The summed E-state index contributed by atoms with van der Waals surface area (Å²) >= 11 is 0. The van der Waals surface area contributed by atoms with E-state index in [0.29, 0.717) is 6.29 Å². The Kier molecular flexibility index (Phi) is 3.62. The van der Waals surface area contributed by atoms with Crippen LogP contribution in [-0.4, -0.2) is 20.2 Å². The summed E-state index contributed by atoms with van der Waals surface area (Å²) in [6, 6.07) is 4.14. The zero-order chi connectivity index (χ0) is 15.8. The number of alkyl halides is 3.